The van der Waals surface area contributed by atoms with Gasteiger partial charge in [-0.1, -0.05) is 25.4 Å². The van der Waals surface area contributed by atoms with E-state index in [2.05, 4.69) is 49.8 Å². The second-order valence-corrected chi connectivity index (χ2v) is 13.3. The molecule has 0 bridgehead atoms. The molecule has 4 heterocycles. The van der Waals surface area contributed by atoms with Crippen molar-refractivity contribution < 1.29 is 9.90 Å². The predicted octanol–water partition coefficient (Wildman–Crippen LogP) is 4.44. The van der Waals surface area contributed by atoms with E-state index in [9.17, 15) is 9.90 Å². The van der Waals surface area contributed by atoms with Crippen molar-refractivity contribution in [2.75, 3.05) is 13.1 Å². The van der Waals surface area contributed by atoms with E-state index in [-0.39, 0.29) is 23.2 Å². The molecule has 2 aromatic heterocycles. The van der Waals surface area contributed by atoms with Crippen molar-refractivity contribution in [1.29, 1.82) is 0 Å². The number of nitrogens with one attached hydrogen (secondary N) is 1. The zero-order valence-electron chi connectivity index (χ0n) is 22.0. The summed E-state index contributed by atoms with van der Waals surface area (Å²) in [5.41, 5.74) is 5.03. The van der Waals surface area contributed by atoms with Gasteiger partial charge in [0.25, 0.3) is 0 Å². The van der Waals surface area contributed by atoms with E-state index in [0.29, 0.717) is 23.7 Å². The van der Waals surface area contributed by atoms with Gasteiger partial charge >= 0.3 is 0 Å². The molecule has 3 aromatic rings. The summed E-state index contributed by atoms with van der Waals surface area (Å²) in [6.07, 6.45) is 0.880. The fraction of sp³-hybridized carbons (Fsp3) is 0.536. The van der Waals surface area contributed by atoms with Crippen LogP contribution in [0.1, 0.15) is 43.7 Å². The first-order valence-corrected chi connectivity index (χ1v) is 14.2. The van der Waals surface area contributed by atoms with Crippen molar-refractivity contribution in [3.05, 3.63) is 45.6 Å². The van der Waals surface area contributed by atoms with Crippen LogP contribution in [0.25, 0.3) is 21.5 Å². The number of fused-ring (bicyclic) bond motifs is 2. The highest BCUT2D eigenvalue weighted by Crippen LogP contribution is 2.65. The smallest absolute Gasteiger partial charge is 0.229 e. The molecule has 3 unspecified atom stereocenters. The molecule has 3 fully saturated rings. The minimum absolute atomic E-state index is 0.0248. The van der Waals surface area contributed by atoms with Gasteiger partial charge in [-0.3, -0.25) is 9.69 Å². The van der Waals surface area contributed by atoms with Gasteiger partial charge in [0.15, 0.2) is 0 Å². The first-order valence-electron chi connectivity index (χ1n) is 13.0. The Morgan fingerprint density at radius 1 is 1.22 bits per heavy atom. The van der Waals surface area contributed by atoms with Gasteiger partial charge in [0, 0.05) is 53.1 Å². The van der Waals surface area contributed by atoms with Crippen LogP contribution < -0.4 is 5.32 Å². The molecule has 2 aliphatic heterocycles. The Kier molecular flexibility index (Phi) is 6.12. The summed E-state index contributed by atoms with van der Waals surface area (Å²) in [4.78, 5) is 27.4. The topological polar surface area (TPSA) is 81.6 Å². The summed E-state index contributed by atoms with van der Waals surface area (Å²) in [7, 11) is 0. The van der Waals surface area contributed by atoms with Crippen LogP contribution in [-0.2, 0) is 17.9 Å². The highest BCUT2D eigenvalue weighted by molar-refractivity contribution is 7.19. The zero-order valence-corrected chi connectivity index (χ0v) is 23.5. The molecule has 2 N–H and O–H groups in total. The van der Waals surface area contributed by atoms with Gasteiger partial charge in [0.05, 0.1) is 28.4 Å². The van der Waals surface area contributed by atoms with Gasteiger partial charge in [-0.25, -0.2) is 9.97 Å². The summed E-state index contributed by atoms with van der Waals surface area (Å²) in [6, 6.07) is 6.95. The largest absolute Gasteiger partial charge is 0.373 e. The standard InChI is InChI=1S/C28H34ClN5O2S/c1-14-6-17(29)7-19(20(14)12-33-10-15(2)30-9-16(33)3)24-25-21(31-13-32-24)8-18(37-25)11-34-26(35)22-23(27(34)36)28(22,4)5/h6-8,13,15-16,22-23,26,30,35H,9-12H2,1-5H3/t15-,16+,22?,23?,26?/m1/s1. The van der Waals surface area contributed by atoms with E-state index in [1.165, 1.54) is 5.56 Å². The molecule has 3 aliphatic rings. The molecule has 0 radical (unpaired) electrons. The molecular formula is C28H34ClN5O2S. The number of nitrogens with zero attached hydrogens (tertiary/aromatic N) is 4. The van der Waals surface area contributed by atoms with Crippen molar-refractivity contribution in [2.45, 2.75) is 66.0 Å². The normalized spacial score (nSPS) is 29.2. The van der Waals surface area contributed by atoms with Gasteiger partial charge in [-0.2, -0.15) is 0 Å². The monoisotopic (exact) mass is 539 g/mol. The van der Waals surface area contributed by atoms with Crippen molar-refractivity contribution >= 4 is 39.1 Å². The number of aliphatic hydroxyl groups excluding tert-OH is 1. The van der Waals surface area contributed by atoms with Crippen LogP contribution in [0.2, 0.25) is 5.02 Å². The number of carbonyl (C=O) groups excluding carboxylic acids is 1. The minimum Gasteiger partial charge on any atom is -0.373 e. The maximum absolute atomic E-state index is 13.0. The van der Waals surface area contributed by atoms with E-state index in [4.69, 9.17) is 16.6 Å². The maximum atomic E-state index is 13.0. The average molecular weight is 540 g/mol. The van der Waals surface area contributed by atoms with Gasteiger partial charge in [0.1, 0.15) is 12.6 Å². The molecule has 37 heavy (non-hydrogen) atoms. The SMILES string of the molecule is Cc1cc(Cl)cc(-c2ncnc3cc(CN4C(=O)C5C(C4O)C5(C)C)sc23)c1CN1C[C@@H](C)NC[C@@H]1C. The zero-order chi connectivity index (χ0) is 26.2. The third kappa shape index (κ3) is 4.17. The summed E-state index contributed by atoms with van der Waals surface area (Å²) in [5, 5.41) is 15.1. The van der Waals surface area contributed by atoms with Crippen molar-refractivity contribution in [3.63, 3.8) is 0 Å². The number of piperazine rings is 1. The van der Waals surface area contributed by atoms with Crippen molar-refractivity contribution in [1.82, 2.24) is 25.1 Å². The molecular weight excluding hydrogens is 506 g/mol. The first-order chi connectivity index (χ1) is 17.6. The molecule has 0 spiro atoms. The summed E-state index contributed by atoms with van der Waals surface area (Å²) >= 11 is 8.17. The van der Waals surface area contributed by atoms with Crippen LogP contribution in [0.3, 0.4) is 0 Å². The third-order valence-corrected chi connectivity index (χ3v) is 10.1. The van der Waals surface area contributed by atoms with Crippen LogP contribution in [-0.4, -0.2) is 62.2 Å². The molecule has 2 saturated heterocycles. The number of benzene rings is 1. The van der Waals surface area contributed by atoms with Crippen LogP contribution in [0.15, 0.2) is 24.5 Å². The van der Waals surface area contributed by atoms with Crippen molar-refractivity contribution in [2.24, 2.45) is 17.3 Å². The Morgan fingerprint density at radius 3 is 2.73 bits per heavy atom. The number of likely N-dealkylation sites (tertiary alicyclic amines) is 1. The highest BCUT2D eigenvalue weighted by atomic mass is 35.5. The number of aryl methyl sites for hydroxylation is 1. The minimum atomic E-state index is -0.728. The number of aliphatic hydroxyl groups is 1. The van der Waals surface area contributed by atoms with Gasteiger partial charge in [-0.15, -0.1) is 11.3 Å². The van der Waals surface area contributed by atoms with Crippen LogP contribution in [0.5, 0.6) is 0 Å². The highest BCUT2D eigenvalue weighted by Gasteiger charge is 2.71. The quantitative estimate of drug-likeness (QED) is 0.499. The Hall–Kier alpha value is -2.10. The van der Waals surface area contributed by atoms with Gasteiger partial charge < -0.3 is 15.3 Å². The number of thiophene rings is 1. The summed E-state index contributed by atoms with van der Waals surface area (Å²) < 4.78 is 0.980. The number of hydrogen-bond acceptors (Lipinski definition) is 7. The fourth-order valence-corrected chi connectivity index (χ4v) is 7.82. The molecule has 6 rings (SSSR count). The lowest BCUT2D eigenvalue weighted by Gasteiger charge is -2.38. The molecule has 9 heteroatoms. The average Bonchev–Trinajstić information content (AvgIpc) is 3.09. The lowest BCUT2D eigenvalue weighted by atomic mass is 9.97. The molecule has 1 aliphatic carbocycles. The van der Waals surface area contributed by atoms with E-state index < -0.39 is 6.23 Å². The summed E-state index contributed by atoms with van der Waals surface area (Å²) in [5.74, 6) is 0.00882. The molecule has 1 amide bonds. The van der Waals surface area contributed by atoms with Crippen LogP contribution in [0, 0.1) is 24.2 Å². The van der Waals surface area contributed by atoms with E-state index in [1.54, 1.807) is 22.6 Å². The van der Waals surface area contributed by atoms with E-state index >= 15 is 0 Å². The molecule has 196 valence electrons. The number of carbonyl (C=O) groups is 1. The number of aromatic nitrogens is 2. The Bertz CT molecular complexity index is 1390. The third-order valence-electron chi connectivity index (χ3n) is 8.74. The number of halogens is 1. The van der Waals surface area contributed by atoms with Gasteiger partial charge in [0.2, 0.25) is 5.91 Å². The first kappa shape index (κ1) is 25.2. The summed E-state index contributed by atoms with van der Waals surface area (Å²) in [6.45, 7) is 13.9. The Balaban J connectivity index is 1.35. The van der Waals surface area contributed by atoms with E-state index in [1.807, 2.05) is 18.2 Å². The van der Waals surface area contributed by atoms with E-state index in [0.717, 1.165) is 51.5 Å². The fourth-order valence-electron chi connectivity index (χ4n) is 6.44. The van der Waals surface area contributed by atoms with Crippen LogP contribution >= 0.6 is 22.9 Å². The van der Waals surface area contributed by atoms with Crippen molar-refractivity contribution in [3.8, 4) is 11.3 Å². The number of hydrogen-bond donors (Lipinski definition) is 2. The maximum Gasteiger partial charge on any atom is 0.229 e. The lowest BCUT2D eigenvalue weighted by molar-refractivity contribution is -0.140. The van der Waals surface area contributed by atoms with Gasteiger partial charge in [-0.05, 0) is 55.5 Å². The molecule has 1 saturated carbocycles. The Morgan fingerprint density at radius 2 is 2.00 bits per heavy atom. The number of amides is 1. The second-order valence-electron chi connectivity index (χ2n) is 11.7. The number of rotatable bonds is 5. The molecule has 1 aromatic carbocycles. The molecule has 7 nitrogen and oxygen atoms in total. The number of piperidine rings is 1. The second kappa shape index (κ2) is 8.99. The predicted molar refractivity (Wildman–Crippen MR) is 147 cm³/mol. The molecule has 5 atom stereocenters. The Labute approximate surface area is 226 Å². The van der Waals surface area contributed by atoms with Crippen LogP contribution in [0.4, 0.5) is 0 Å². The lowest BCUT2D eigenvalue weighted by Crippen LogP contribution is -2.53.